The molecule has 4 nitrogen and oxygen atoms in total. The van der Waals surface area contributed by atoms with Crippen molar-refractivity contribution in [2.75, 3.05) is 7.11 Å². The molecule has 0 saturated heterocycles. The third-order valence-electron chi connectivity index (χ3n) is 3.24. The lowest BCUT2D eigenvalue weighted by atomic mass is 9.90. The van der Waals surface area contributed by atoms with Gasteiger partial charge in [-0.15, -0.1) is 0 Å². The lowest BCUT2D eigenvalue weighted by Gasteiger charge is -2.22. The maximum Gasteiger partial charge on any atom is 0.313 e. The van der Waals surface area contributed by atoms with Crippen LogP contribution in [0, 0.1) is 11.3 Å². The molecule has 0 aliphatic heterocycles. The van der Waals surface area contributed by atoms with Gasteiger partial charge in [0.2, 0.25) is 0 Å². The van der Waals surface area contributed by atoms with Crippen LogP contribution in [0.3, 0.4) is 0 Å². The zero-order valence-corrected chi connectivity index (χ0v) is 8.86. The van der Waals surface area contributed by atoms with E-state index in [-0.39, 0.29) is 29.4 Å². The van der Waals surface area contributed by atoms with E-state index in [4.69, 9.17) is 9.47 Å². The summed E-state index contributed by atoms with van der Waals surface area (Å²) in [6.07, 6.45) is 5.18. The topological polar surface area (TPSA) is 52.6 Å². The van der Waals surface area contributed by atoms with Crippen LogP contribution in [0.5, 0.6) is 0 Å². The van der Waals surface area contributed by atoms with E-state index >= 15 is 0 Å². The molecule has 2 rings (SSSR count). The average molecular weight is 210 g/mol. The van der Waals surface area contributed by atoms with Crippen molar-refractivity contribution in [2.24, 2.45) is 11.3 Å². The Morgan fingerprint density at radius 3 is 2.47 bits per heavy atom. The Morgan fingerprint density at radius 2 is 2.00 bits per heavy atom. The maximum absolute atomic E-state index is 11.5. The monoisotopic (exact) mass is 210 g/mol. The fourth-order valence-corrected chi connectivity index (χ4v) is 2.29. The lowest BCUT2D eigenvalue weighted by Crippen LogP contribution is -2.31. The molecular formula is C11H14O4. The molecule has 2 aliphatic carbocycles. The van der Waals surface area contributed by atoms with Gasteiger partial charge in [-0.3, -0.25) is 9.59 Å². The van der Waals surface area contributed by atoms with Crippen LogP contribution in [0.4, 0.5) is 0 Å². The van der Waals surface area contributed by atoms with Crippen LogP contribution in [-0.2, 0) is 19.1 Å². The molecule has 0 unspecified atom stereocenters. The van der Waals surface area contributed by atoms with Gasteiger partial charge >= 0.3 is 11.9 Å². The number of carbonyl (C=O) groups excluding carboxylic acids is 2. The molecular weight excluding hydrogens is 196 g/mol. The maximum atomic E-state index is 11.5. The molecule has 0 radical (unpaired) electrons. The second-order valence-electron chi connectivity index (χ2n) is 4.15. The van der Waals surface area contributed by atoms with Crippen LogP contribution in [-0.4, -0.2) is 25.2 Å². The second kappa shape index (κ2) is 3.36. The average Bonchev–Trinajstić information content (AvgIpc) is 2.88. The van der Waals surface area contributed by atoms with Crippen molar-refractivity contribution in [3.63, 3.8) is 0 Å². The number of hydrogen-bond donors (Lipinski definition) is 0. The van der Waals surface area contributed by atoms with Gasteiger partial charge in [0, 0.05) is 12.3 Å². The van der Waals surface area contributed by atoms with Crippen molar-refractivity contribution in [3.05, 3.63) is 12.2 Å². The molecule has 2 atom stereocenters. The van der Waals surface area contributed by atoms with Gasteiger partial charge in [-0.05, 0) is 18.9 Å². The minimum absolute atomic E-state index is 0.196. The molecule has 0 N–H and O–H groups in total. The Balaban J connectivity index is 2.12. The summed E-state index contributed by atoms with van der Waals surface area (Å²) >= 11 is 0. The van der Waals surface area contributed by atoms with Crippen molar-refractivity contribution in [3.8, 4) is 0 Å². The van der Waals surface area contributed by atoms with Crippen molar-refractivity contribution in [1.82, 2.24) is 0 Å². The van der Waals surface area contributed by atoms with E-state index in [9.17, 15) is 9.59 Å². The number of esters is 2. The summed E-state index contributed by atoms with van der Waals surface area (Å²) in [7, 11) is 1.38. The molecule has 82 valence electrons. The van der Waals surface area contributed by atoms with Crippen LogP contribution in [0.1, 0.15) is 19.8 Å². The highest BCUT2D eigenvalue weighted by Gasteiger charge is 2.60. The summed E-state index contributed by atoms with van der Waals surface area (Å²) in [5.74, 6) is -0.785. The molecule has 0 heterocycles. The Hall–Kier alpha value is -1.32. The fraction of sp³-hybridized carbons (Fsp3) is 0.636. The largest absolute Gasteiger partial charge is 0.469 e. The predicted octanol–water partition coefficient (Wildman–Crippen LogP) is 1.06. The highest BCUT2D eigenvalue weighted by molar-refractivity contribution is 5.77. The minimum Gasteiger partial charge on any atom is -0.469 e. The van der Waals surface area contributed by atoms with Gasteiger partial charge in [-0.25, -0.2) is 0 Å². The SMILES string of the molecule is COC(=O)[C@H]1C=C[C@H](OC(C)=O)C12CC2. The zero-order valence-electron chi connectivity index (χ0n) is 8.86. The van der Waals surface area contributed by atoms with E-state index in [1.807, 2.05) is 0 Å². The molecule has 1 fully saturated rings. The molecule has 0 bridgehead atoms. The smallest absolute Gasteiger partial charge is 0.313 e. The Labute approximate surface area is 88.2 Å². The van der Waals surface area contributed by atoms with Gasteiger partial charge in [-0.2, -0.15) is 0 Å². The molecule has 0 aromatic rings. The molecule has 0 aromatic carbocycles. The summed E-state index contributed by atoms with van der Waals surface area (Å²) in [5, 5.41) is 0. The zero-order chi connectivity index (χ0) is 11.1. The van der Waals surface area contributed by atoms with Crippen LogP contribution in [0.25, 0.3) is 0 Å². The van der Waals surface area contributed by atoms with E-state index in [0.29, 0.717) is 0 Å². The summed E-state index contributed by atoms with van der Waals surface area (Å²) < 4.78 is 9.91. The molecule has 2 aliphatic rings. The van der Waals surface area contributed by atoms with Crippen LogP contribution < -0.4 is 0 Å². The third kappa shape index (κ3) is 1.54. The van der Waals surface area contributed by atoms with Gasteiger partial charge in [0.1, 0.15) is 6.10 Å². The summed E-state index contributed by atoms with van der Waals surface area (Å²) in [6.45, 7) is 1.38. The van der Waals surface area contributed by atoms with E-state index in [1.165, 1.54) is 14.0 Å². The number of hydrogen-bond acceptors (Lipinski definition) is 4. The van der Waals surface area contributed by atoms with Gasteiger partial charge in [0.05, 0.1) is 13.0 Å². The number of carbonyl (C=O) groups is 2. The number of rotatable bonds is 2. The summed E-state index contributed by atoms with van der Waals surface area (Å²) in [6, 6.07) is 0. The first-order valence-corrected chi connectivity index (χ1v) is 5.03. The summed E-state index contributed by atoms with van der Waals surface area (Å²) in [5.41, 5.74) is -0.196. The van der Waals surface area contributed by atoms with Crippen molar-refractivity contribution in [1.29, 1.82) is 0 Å². The highest BCUT2D eigenvalue weighted by atomic mass is 16.5. The normalized spacial score (nSPS) is 30.3. The fourth-order valence-electron chi connectivity index (χ4n) is 2.29. The molecule has 4 heteroatoms. The first kappa shape index (κ1) is 10.2. The van der Waals surface area contributed by atoms with Crippen LogP contribution in [0.15, 0.2) is 12.2 Å². The molecule has 0 amide bonds. The van der Waals surface area contributed by atoms with E-state index in [0.717, 1.165) is 12.8 Å². The Morgan fingerprint density at radius 1 is 1.33 bits per heavy atom. The van der Waals surface area contributed by atoms with Crippen molar-refractivity contribution < 1.29 is 19.1 Å². The van der Waals surface area contributed by atoms with Crippen molar-refractivity contribution >= 4 is 11.9 Å². The van der Waals surface area contributed by atoms with Crippen LogP contribution in [0.2, 0.25) is 0 Å². The predicted molar refractivity (Wildman–Crippen MR) is 51.9 cm³/mol. The van der Waals surface area contributed by atoms with Crippen LogP contribution >= 0.6 is 0 Å². The standard InChI is InChI=1S/C11H14O4/c1-7(12)15-9-4-3-8(10(13)14-2)11(9)5-6-11/h3-4,8-9H,5-6H2,1-2H3/t8-,9+/m1/s1. The highest BCUT2D eigenvalue weighted by Crippen LogP contribution is 2.59. The molecule has 1 saturated carbocycles. The van der Waals surface area contributed by atoms with E-state index in [1.54, 1.807) is 12.2 Å². The summed E-state index contributed by atoms with van der Waals surface area (Å²) in [4.78, 5) is 22.4. The molecule has 15 heavy (non-hydrogen) atoms. The van der Waals surface area contributed by atoms with Gasteiger partial charge in [0.25, 0.3) is 0 Å². The molecule has 0 aromatic heterocycles. The first-order chi connectivity index (χ1) is 7.10. The number of methoxy groups -OCH3 is 1. The second-order valence-corrected chi connectivity index (χ2v) is 4.15. The van der Waals surface area contributed by atoms with Gasteiger partial charge in [-0.1, -0.05) is 6.08 Å². The van der Waals surface area contributed by atoms with Gasteiger partial charge in [0.15, 0.2) is 0 Å². The molecule has 1 spiro atoms. The minimum atomic E-state index is -0.304. The quantitative estimate of drug-likeness (QED) is 0.505. The third-order valence-corrected chi connectivity index (χ3v) is 3.24. The Kier molecular flexibility index (Phi) is 2.29. The number of ether oxygens (including phenoxy) is 2. The Bertz CT molecular complexity index is 327. The van der Waals surface area contributed by atoms with Crippen molar-refractivity contribution in [2.45, 2.75) is 25.9 Å². The van der Waals surface area contributed by atoms with E-state index in [2.05, 4.69) is 0 Å². The lowest BCUT2D eigenvalue weighted by molar-refractivity contribution is -0.153. The first-order valence-electron chi connectivity index (χ1n) is 5.03. The van der Waals surface area contributed by atoms with Gasteiger partial charge < -0.3 is 9.47 Å². The van der Waals surface area contributed by atoms with E-state index < -0.39 is 0 Å².